The molecule has 2 aromatic carbocycles. The van der Waals surface area contributed by atoms with Gasteiger partial charge in [0.05, 0.1) is 17.2 Å². The maximum Gasteiger partial charge on any atom is 0.218 e. The summed E-state index contributed by atoms with van der Waals surface area (Å²) >= 11 is 0. The van der Waals surface area contributed by atoms with E-state index < -0.39 is 33.0 Å². The number of nitrogens with one attached hydrogen (secondary N) is 2. The number of benzene rings is 2. The minimum atomic E-state index is -3.29. The summed E-state index contributed by atoms with van der Waals surface area (Å²) in [5.41, 5.74) is 6.89. The number of H-pyrrole nitrogens is 1. The molecule has 0 bridgehead atoms. The number of sulfonamides is 2. The summed E-state index contributed by atoms with van der Waals surface area (Å²) in [5.74, 6) is 0.0182. The fourth-order valence-corrected chi connectivity index (χ4v) is 8.66. The lowest BCUT2D eigenvalue weighted by molar-refractivity contribution is 0.404. The second kappa shape index (κ2) is 17.5. The lowest BCUT2D eigenvalue weighted by Gasteiger charge is -2.15. The topological polar surface area (TPSA) is 121 Å². The van der Waals surface area contributed by atoms with Crippen LogP contribution < -0.4 is 5.43 Å². The minimum absolute atomic E-state index is 0.00582. The Bertz CT molecular complexity index is 1820. The van der Waals surface area contributed by atoms with E-state index in [9.17, 15) is 16.8 Å². The number of rotatable bonds is 15. The molecule has 0 radical (unpaired) electrons. The van der Waals surface area contributed by atoms with Gasteiger partial charge in [-0.25, -0.2) is 25.4 Å². The number of aromatic amines is 1. The van der Waals surface area contributed by atoms with Crippen LogP contribution in [0.5, 0.6) is 0 Å². The summed E-state index contributed by atoms with van der Waals surface area (Å²) in [5, 5.41) is 4.97. The molecule has 47 heavy (non-hydrogen) atoms. The first-order valence-electron chi connectivity index (χ1n) is 18.2. The largest absolute Gasteiger partial charge is 0.361 e. The van der Waals surface area contributed by atoms with Crippen molar-refractivity contribution in [2.75, 3.05) is 72.8 Å². The average Bonchev–Trinajstić information content (AvgIpc) is 3.85. The maximum atomic E-state index is 12.5. The van der Waals surface area contributed by atoms with Crippen LogP contribution in [0.25, 0.3) is 10.9 Å². The molecule has 2 aliphatic heterocycles. The third-order valence-corrected chi connectivity index (χ3v) is 11.7. The van der Waals surface area contributed by atoms with Gasteiger partial charge < -0.3 is 14.8 Å². The van der Waals surface area contributed by atoms with Crippen LogP contribution in [0, 0.1) is 0 Å². The third kappa shape index (κ3) is 11.7. The Morgan fingerprint density at radius 1 is 0.830 bits per heavy atom. The van der Waals surface area contributed by atoms with Crippen molar-refractivity contribution in [3.8, 4) is 0 Å². The van der Waals surface area contributed by atoms with Gasteiger partial charge in [0.15, 0.2) is 0 Å². The molecule has 2 fully saturated rings. The van der Waals surface area contributed by atoms with Crippen molar-refractivity contribution in [2.24, 2.45) is 5.10 Å². The molecule has 11 nitrogen and oxygen atoms in total. The van der Waals surface area contributed by atoms with E-state index in [4.69, 9.17) is 5.48 Å². The highest BCUT2D eigenvalue weighted by molar-refractivity contribution is 7.88. The number of hydrogen-bond donors (Lipinski definition) is 2. The van der Waals surface area contributed by atoms with Gasteiger partial charge >= 0.3 is 0 Å². The number of hydrazone groups is 1. The van der Waals surface area contributed by atoms with Crippen molar-refractivity contribution in [2.45, 2.75) is 56.5 Å². The van der Waals surface area contributed by atoms with Crippen molar-refractivity contribution in [3.05, 3.63) is 65.4 Å². The quantitative estimate of drug-likeness (QED) is 0.177. The van der Waals surface area contributed by atoms with E-state index in [-0.39, 0.29) is 17.9 Å². The lowest BCUT2D eigenvalue weighted by atomic mass is 10.1. The smallest absolute Gasteiger partial charge is 0.218 e. The van der Waals surface area contributed by atoms with Crippen LogP contribution in [0.1, 0.15) is 60.7 Å². The Kier molecular flexibility index (Phi) is 11.7. The average molecular weight is 692 g/mol. The number of likely N-dealkylation sites (N-methyl/N-ethyl adjacent to an activating group) is 1. The molecule has 1 aromatic heterocycles. The van der Waals surface area contributed by atoms with E-state index >= 15 is 0 Å². The molecular weight excluding hydrogens is 635 g/mol. The van der Waals surface area contributed by atoms with Crippen LogP contribution in [0.4, 0.5) is 5.69 Å². The zero-order chi connectivity index (χ0) is 37.5. The Morgan fingerprint density at radius 2 is 1.38 bits per heavy atom. The molecule has 0 atom stereocenters. The summed E-state index contributed by atoms with van der Waals surface area (Å²) in [6, 6.07) is 12.7. The summed E-state index contributed by atoms with van der Waals surface area (Å²) < 4.78 is 84.7. The second-order valence-electron chi connectivity index (χ2n) is 12.4. The zero-order valence-electron chi connectivity index (χ0n) is 32.1. The summed E-state index contributed by atoms with van der Waals surface area (Å²) in [6.07, 6.45) is 8.31. The number of aryl methyl sites for hydroxylation is 1. The van der Waals surface area contributed by atoms with Crippen molar-refractivity contribution < 1.29 is 22.3 Å². The van der Waals surface area contributed by atoms with E-state index in [0.29, 0.717) is 39.0 Å². The molecule has 0 saturated carbocycles. The SMILES string of the molecule is [2H]C([2H])(CC/C=N/Nc1ccc(CS(=O)(=O)N2CCCC2)cc1)N(C)C.[2H]C([2H])(Cc1c[nH]c2ccc(CS(=O)(=O)N3CCCC3)cc12)N(C)C. The van der Waals surface area contributed by atoms with Gasteiger partial charge in [0, 0.05) is 61.5 Å². The van der Waals surface area contributed by atoms with Crippen LogP contribution in [0.15, 0.2) is 53.8 Å². The number of aromatic nitrogens is 1. The van der Waals surface area contributed by atoms with Crippen LogP contribution >= 0.6 is 0 Å². The first kappa shape index (κ1) is 31.5. The highest BCUT2D eigenvalue weighted by atomic mass is 32.2. The second-order valence-corrected chi connectivity index (χ2v) is 16.3. The van der Waals surface area contributed by atoms with Crippen LogP contribution in [-0.2, 0) is 38.0 Å². The number of nitrogens with zero attached hydrogens (tertiary/aromatic N) is 5. The molecule has 0 aliphatic carbocycles. The van der Waals surface area contributed by atoms with Crippen molar-refractivity contribution in [3.63, 3.8) is 0 Å². The van der Waals surface area contributed by atoms with E-state index in [1.165, 1.54) is 0 Å². The van der Waals surface area contributed by atoms with E-state index in [1.807, 2.05) is 24.4 Å². The van der Waals surface area contributed by atoms with Crippen molar-refractivity contribution in [1.82, 2.24) is 23.4 Å². The monoisotopic (exact) mass is 691 g/mol. The number of fused-ring (bicyclic) bond motifs is 1. The van der Waals surface area contributed by atoms with Gasteiger partial charge in [-0.1, -0.05) is 18.2 Å². The van der Waals surface area contributed by atoms with Crippen molar-refractivity contribution >= 4 is 42.9 Å². The van der Waals surface area contributed by atoms with Gasteiger partial charge in [-0.05, 0) is 121 Å². The highest BCUT2D eigenvalue weighted by Gasteiger charge is 2.26. The van der Waals surface area contributed by atoms with Gasteiger partial charge in [0.25, 0.3) is 0 Å². The molecule has 0 unspecified atom stereocenters. The molecule has 260 valence electrons. The molecular formula is C34H53N7O4S2. The van der Waals surface area contributed by atoms with Crippen molar-refractivity contribution in [1.29, 1.82) is 0 Å². The molecule has 13 heteroatoms. The summed E-state index contributed by atoms with van der Waals surface area (Å²) in [4.78, 5) is 6.24. The van der Waals surface area contributed by atoms with E-state index in [2.05, 4.69) is 15.5 Å². The predicted molar refractivity (Wildman–Crippen MR) is 194 cm³/mol. The molecule has 0 amide bonds. The van der Waals surface area contributed by atoms with Gasteiger partial charge in [-0.3, -0.25) is 5.43 Å². The molecule has 2 aliphatic rings. The zero-order valence-corrected chi connectivity index (χ0v) is 29.7. The maximum absolute atomic E-state index is 12.5. The van der Waals surface area contributed by atoms with E-state index in [0.717, 1.165) is 59.0 Å². The number of anilines is 1. The summed E-state index contributed by atoms with van der Waals surface area (Å²) in [7, 11) is 0.328. The molecule has 5 rings (SSSR count). The highest BCUT2D eigenvalue weighted by Crippen LogP contribution is 2.24. The predicted octanol–water partition coefficient (Wildman–Crippen LogP) is 4.55. The molecule has 3 heterocycles. The Morgan fingerprint density at radius 3 is 1.96 bits per heavy atom. The van der Waals surface area contributed by atoms with Gasteiger partial charge in [-0.2, -0.15) is 5.10 Å². The normalized spacial score (nSPS) is 18.3. The first-order valence-corrected chi connectivity index (χ1v) is 19.4. The van der Waals surface area contributed by atoms with Gasteiger partial charge in [-0.15, -0.1) is 0 Å². The Labute approximate surface area is 287 Å². The van der Waals surface area contributed by atoms with Crippen LogP contribution in [-0.4, -0.2) is 114 Å². The standard InChI is InChI=1S/C17H28N4O2S.C17H25N3O2S/c1-20(2)12-4-3-11-18-19-17-9-7-16(8-10-17)15-24(22,23)21-13-5-6-14-21;1-19(2)10-7-15-12-18-17-6-5-14(11-16(15)17)13-23(21,22)20-8-3-4-9-20/h7-11,19H,3-6,12-15H2,1-2H3;5-6,11-12,18H,3-4,7-10,13H2,1-2H3/b18-11+;/i12D2;10D2. The number of hydrogen-bond acceptors (Lipinski definition) is 8. The Balaban J connectivity index is 0.000000229. The lowest BCUT2D eigenvalue weighted by Crippen LogP contribution is -2.29. The first-order chi connectivity index (χ1) is 23.9. The molecule has 3 aromatic rings. The van der Waals surface area contributed by atoms with Gasteiger partial charge in [0.2, 0.25) is 20.0 Å². The fraction of sp³-hybridized carbons (Fsp3) is 0.559. The molecule has 2 saturated heterocycles. The fourth-order valence-electron chi connectivity index (χ4n) is 5.45. The third-order valence-electron chi connectivity index (χ3n) is 7.97. The van der Waals surface area contributed by atoms with Crippen LogP contribution in [0.2, 0.25) is 0 Å². The minimum Gasteiger partial charge on any atom is -0.361 e. The van der Waals surface area contributed by atoms with E-state index in [1.54, 1.807) is 77.1 Å². The molecule has 2 N–H and O–H groups in total. The Hall–Kier alpha value is -2.81. The van der Waals surface area contributed by atoms with Crippen LogP contribution in [0.3, 0.4) is 0 Å². The van der Waals surface area contributed by atoms with Gasteiger partial charge in [0.1, 0.15) is 0 Å². The summed E-state index contributed by atoms with van der Waals surface area (Å²) in [6.45, 7) is -0.335. The molecule has 0 spiro atoms.